The van der Waals surface area contributed by atoms with Gasteiger partial charge in [0.15, 0.2) is 5.16 Å². The van der Waals surface area contributed by atoms with Crippen molar-refractivity contribution in [2.75, 3.05) is 11.5 Å². The second-order valence-corrected chi connectivity index (χ2v) is 7.12. The first kappa shape index (κ1) is 15.5. The lowest BCUT2D eigenvalue weighted by molar-refractivity contribution is -0.115. The maximum atomic E-state index is 12.8. The van der Waals surface area contributed by atoms with Gasteiger partial charge < -0.3 is 5.73 Å². The van der Waals surface area contributed by atoms with Crippen molar-refractivity contribution in [1.29, 1.82) is 0 Å². The molecule has 0 atom stereocenters. The van der Waals surface area contributed by atoms with Gasteiger partial charge >= 0.3 is 0 Å². The second kappa shape index (κ2) is 6.36. The highest BCUT2D eigenvalue weighted by atomic mass is 35.5. The summed E-state index contributed by atoms with van der Waals surface area (Å²) in [6.07, 6.45) is 0.765. The Morgan fingerprint density at radius 3 is 2.82 bits per heavy atom. The van der Waals surface area contributed by atoms with E-state index in [1.54, 1.807) is 24.3 Å². The Labute approximate surface area is 140 Å². The Morgan fingerprint density at radius 1 is 1.41 bits per heavy atom. The molecule has 0 saturated carbocycles. The van der Waals surface area contributed by atoms with Gasteiger partial charge in [0.05, 0.1) is 22.0 Å². The van der Waals surface area contributed by atoms with Crippen LogP contribution >= 0.6 is 35.1 Å². The van der Waals surface area contributed by atoms with Crippen LogP contribution in [0.1, 0.15) is 5.69 Å². The van der Waals surface area contributed by atoms with Crippen molar-refractivity contribution < 1.29 is 4.79 Å². The van der Waals surface area contributed by atoms with Gasteiger partial charge in [-0.05, 0) is 24.3 Å². The molecule has 2 heterocycles. The van der Waals surface area contributed by atoms with Gasteiger partial charge in [-0.15, -0.1) is 11.8 Å². The van der Waals surface area contributed by atoms with E-state index in [2.05, 4.69) is 4.98 Å². The number of primary amides is 1. The van der Waals surface area contributed by atoms with Crippen LogP contribution in [0, 0.1) is 0 Å². The van der Waals surface area contributed by atoms with E-state index in [0.717, 1.165) is 17.9 Å². The molecule has 2 N–H and O–H groups in total. The van der Waals surface area contributed by atoms with Gasteiger partial charge in [-0.25, -0.2) is 4.98 Å². The minimum atomic E-state index is -0.447. The van der Waals surface area contributed by atoms with Crippen LogP contribution in [0.15, 0.2) is 39.1 Å². The molecule has 1 aromatic heterocycles. The predicted molar refractivity (Wildman–Crippen MR) is 89.2 cm³/mol. The van der Waals surface area contributed by atoms with Crippen LogP contribution in [0.3, 0.4) is 0 Å². The number of nitrogens with two attached hydrogens (primary N) is 1. The molecular formula is C14H12ClN3O2S2. The molecule has 0 unspecified atom stereocenters. The zero-order valence-corrected chi connectivity index (χ0v) is 13.8. The Hall–Kier alpha value is -1.44. The zero-order valence-electron chi connectivity index (χ0n) is 11.4. The van der Waals surface area contributed by atoms with Gasteiger partial charge in [-0.1, -0.05) is 23.4 Å². The normalized spacial score (nSPS) is 13.1. The molecule has 114 valence electrons. The molecule has 8 heteroatoms. The molecule has 1 amide bonds. The number of amides is 1. The summed E-state index contributed by atoms with van der Waals surface area (Å²) >= 11 is 8.59. The van der Waals surface area contributed by atoms with Crippen molar-refractivity contribution in [3.63, 3.8) is 0 Å². The van der Waals surface area contributed by atoms with E-state index in [9.17, 15) is 9.59 Å². The molecule has 5 nitrogen and oxygen atoms in total. The molecule has 3 rings (SSSR count). The fraction of sp³-hybridized carbons (Fsp3) is 0.214. The topological polar surface area (TPSA) is 78.0 Å². The Kier molecular flexibility index (Phi) is 4.46. The first-order valence-electron chi connectivity index (χ1n) is 6.52. The molecule has 1 aliphatic heterocycles. The number of benzene rings is 1. The van der Waals surface area contributed by atoms with Gasteiger partial charge in [0, 0.05) is 17.2 Å². The SMILES string of the molecule is NC(=O)CSc1nc2c(c(=O)n1-c1ccc(Cl)cc1)SCC2. The second-order valence-electron chi connectivity index (χ2n) is 4.64. The van der Waals surface area contributed by atoms with Gasteiger partial charge in [-0.3, -0.25) is 14.2 Å². The number of aromatic nitrogens is 2. The summed E-state index contributed by atoms with van der Waals surface area (Å²) < 4.78 is 1.51. The minimum Gasteiger partial charge on any atom is -0.369 e. The summed E-state index contributed by atoms with van der Waals surface area (Å²) in [7, 11) is 0. The first-order valence-corrected chi connectivity index (χ1v) is 8.87. The van der Waals surface area contributed by atoms with Crippen molar-refractivity contribution in [2.45, 2.75) is 16.5 Å². The van der Waals surface area contributed by atoms with Crippen LogP contribution in [0.4, 0.5) is 0 Å². The Balaban J connectivity index is 2.15. The van der Waals surface area contributed by atoms with Crippen LogP contribution in [0.2, 0.25) is 5.02 Å². The third kappa shape index (κ3) is 3.02. The molecular weight excluding hydrogens is 342 g/mol. The zero-order chi connectivity index (χ0) is 15.7. The van der Waals surface area contributed by atoms with E-state index in [4.69, 9.17) is 17.3 Å². The Bertz CT molecular complexity index is 790. The molecule has 1 aromatic carbocycles. The highest BCUT2D eigenvalue weighted by molar-refractivity contribution is 8.00. The van der Waals surface area contributed by atoms with Crippen LogP contribution in [0.5, 0.6) is 0 Å². The van der Waals surface area contributed by atoms with Crippen molar-refractivity contribution in [3.8, 4) is 5.69 Å². The molecule has 2 aromatic rings. The monoisotopic (exact) mass is 353 g/mol. The van der Waals surface area contributed by atoms with Crippen LogP contribution in [0.25, 0.3) is 5.69 Å². The quantitative estimate of drug-likeness (QED) is 0.672. The van der Waals surface area contributed by atoms with Gasteiger partial charge in [0.25, 0.3) is 5.56 Å². The lowest BCUT2D eigenvalue weighted by Crippen LogP contribution is -2.24. The molecule has 22 heavy (non-hydrogen) atoms. The standard InChI is InChI=1S/C14H12ClN3O2S2/c15-8-1-3-9(4-2-8)18-13(20)12-10(5-6-21-12)17-14(18)22-7-11(16)19/h1-4H,5-7H2,(H2,16,19). The maximum Gasteiger partial charge on any atom is 0.272 e. The largest absolute Gasteiger partial charge is 0.369 e. The molecule has 0 saturated heterocycles. The number of hydrogen-bond acceptors (Lipinski definition) is 5. The lowest BCUT2D eigenvalue weighted by Gasteiger charge is -2.13. The highest BCUT2D eigenvalue weighted by Gasteiger charge is 2.22. The van der Waals surface area contributed by atoms with Crippen LogP contribution < -0.4 is 11.3 Å². The first-order chi connectivity index (χ1) is 10.6. The number of rotatable bonds is 4. The number of aryl methyl sites for hydroxylation is 1. The van der Waals surface area contributed by atoms with E-state index >= 15 is 0 Å². The minimum absolute atomic E-state index is 0.0754. The number of thioether (sulfide) groups is 2. The average Bonchev–Trinajstić information content (AvgIpc) is 2.95. The van der Waals surface area contributed by atoms with E-state index < -0.39 is 5.91 Å². The van der Waals surface area contributed by atoms with E-state index in [1.807, 2.05) is 0 Å². The summed E-state index contributed by atoms with van der Waals surface area (Å²) in [5.41, 5.74) is 6.56. The van der Waals surface area contributed by atoms with Crippen LogP contribution in [-0.4, -0.2) is 27.0 Å². The molecule has 0 aliphatic carbocycles. The predicted octanol–water partition coefficient (Wildman–Crippen LogP) is 2.11. The summed E-state index contributed by atoms with van der Waals surface area (Å²) in [5.74, 6) is 0.477. The molecule has 0 spiro atoms. The number of carbonyl (C=O) groups excluding carboxylic acids is 1. The van der Waals surface area contributed by atoms with Crippen molar-refractivity contribution in [2.24, 2.45) is 5.73 Å². The summed E-state index contributed by atoms with van der Waals surface area (Å²) in [6, 6.07) is 6.94. The summed E-state index contributed by atoms with van der Waals surface area (Å²) in [5, 5.41) is 1.07. The molecule has 1 aliphatic rings. The van der Waals surface area contributed by atoms with Gasteiger partial charge in [-0.2, -0.15) is 0 Å². The van der Waals surface area contributed by atoms with E-state index in [1.165, 1.54) is 28.1 Å². The highest BCUT2D eigenvalue weighted by Crippen LogP contribution is 2.30. The van der Waals surface area contributed by atoms with E-state index in [0.29, 0.717) is 20.8 Å². The van der Waals surface area contributed by atoms with Crippen molar-refractivity contribution >= 4 is 41.0 Å². The number of fused-ring (bicyclic) bond motifs is 1. The average molecular weight is 354 g/mol. The Morgan fingerprint density at radius 2 is 2.14 bits per heavy atom. The number of carbonyl (C=O) groups is 1. The van der Waals surface area contributed by atoms with Gasteiger partial charge in [0.1, 0.15) is 0 Å². The third-order valence-electron chi connectivity index (χ3n) is 3.09. The van der Waals surface area contributed by atoms with E-state index in [-0.39, 0.29) is 11.3 Å². The molecule has 0 bridgehead atoms. The summed E-state index contributed by atoms with van der Waals surface area (Å²) in [4.78, 5) is 29.0. The van der Waals surface area contributed by atoms with Gasteiger partial charge in [0.2, 0.25) is 5.91 Å². The number of nitrogens with zero attached hydrogens (tertiary/aromatic N) is 2. The maximum absolute atomic E-state index is 12.8. The van der Waals surface area contributed by atoms with Crippen molar-refractivity contribution in [1.82, 2.24) is 9.55 Å². The number of hydrogen-bond donors (Lipinski definition) is 1. The van der Waals surface area contributed by atoms with Crippen LogP contribution in [-0.2, 0) is 11.2 Å². The fourth-order valence-corrected chi connectivity index (χ4v) is 4.06. The molecule has 0 fully saturated rings. The third-order valence-corrected chi connectivity index (χ3v) is 5.42. The summed E-state index contributed by atoms with van der Waals surface area (Å²) in [6.45, 7) is 0. The number of halogens is 1. The molecule has 0 radical (unpaired) electrons. The van der Waals surface area contributed by atoms with Crippen molar-refractivity contribution in [3.05, 3.63) is 45.3 Å². The lowest BCUT2D eigenvalue weighted by atomic mass is 10.3. The smallest absolute Gasteiger partial charge is 0.272 e. The fourth-order valence-electron chi connectivity index (χ4n) is 2.14.